The zero-order valence-electron chi connectivity index (χ0n) is 11.3. The average Bonchev–Trinajstić information content (AvgIpc) is 2.66. The number of benzene rings is 1. The molecule has 4 nitrogen and oxygen atoms in total. The zero-order chi connectivity index (χ0) is 14.0. The Morgan fingerprint density at radius 1 is 1.53 bits per heavy atom. The van der Waals surface area contributed by atoms with Crippen LogP contribution in [0.15, 0.2) is 18.2 Å². The minimum absolute atomic E-state index is 0.0381. The van der Waals surface area contributed by atoms with Crippen molar-refractivity contribution in [2.24, 2.45) is 0 Å². The molecule has 0 spiro atoms. The molecule has 0 radical (unpaired) electrons. The van der Waals surface area contributed by atoms with Gasteiger partial charge in [-0.15, -0.1) is 11.3 Å². The molecule has 2 rings (SSSR count). The summed E-state index contributed by atoms with van der Waals surface area (Å²) in [5.74, 6) is -0.138. The minimum atomic E-state index is -0.138. The highest BCUT2D eigenvalue weighted by atomic mass is 32.1. The summed E-state index contributed by atoms with van der Waals surface area (Å²) in [5, 5.41) is 3.82. The number of nitrogens with two attached hydrogens (primary N) is 1. The number of amides is 1. The van der Waals surface area contributed by atoms with E-state index in [2.05, 4.69) is 5.32 Å². The molecule has 1 heterocycles. The second-order valence-corrected chi connectivity index (χ2v) is 5.73. The molecular weight excluding hydrogens is 260 g/mol. The van der Waals surface area contributed by atoms with Crippen molar-refractivity contribution in [3.05, 3.63) is 28.6 Å². The Labute approximate surface area is 116 Å². The Kier molecular flexibility index (Phi) is 4.07. The van der Waals surface area contributed by atoms with Crippen LogP contribution >= 0.6 is 11.3 Å². The van der Waals surface area contributed by atoms with E-state index >= 15 is 0 Å². The van der Waals surface area contributed by atoms with Crippen LogP contribution in [-0.4, -0.2) is 25.7 Å². The van der Waals surface area contributed by atoms with Gasteiger partial charge in [-0.3, -0.25) is 4.79 Å². The standard InChI is InChI=1S/C14H18N2O2S/c1-8-4-5-10-11(6-8)19-13(12(10)15)14(17)16-9(2)7-18-3/h4-6,9H,7,15H2,1-3H3,(H,16,17). The summed E-state index contributed by atoms with van der Waals surface area (Å²) in [5.41, 5.74) is 7.78. The molecule has 19 heavy (non-hydrogen) atoms. The van der Waals surface area contributed by atoms with E-state index in [-0.39, 0.29) is 11.9 Å². The highest BCUT2D eigenvalue weighted by Crippen LogP contribution is 2.34. The van der Waals surface area contributed by atoms with E-state index in [0.29, 0.717) is 17.2 Å². The third-order valence-electron chi connectivity index (χ3n) is 2.88. The molecule has 1 amide bonds. The largest absolute Gasteiger partial charge is 0.397 e. The summed E-state index contributed by atoms with van der Waals surface area (Å²) in [6, 6.07) is 5.97. The van der Waals surface area contributed by atoms with Gasteiger partial charge in [0.05, 0.1) is 12.3 Å². The Balaban J connectivity index is 2.29. The number of hydrogen-bond donors (Lipinski definition) is 2. The topological polar surface area (TPSA) is 64.3 Å². The summed E-state index contributed by atoms with van der Waals surface area (Å²) in [6.07, 6.45) is 0. The van der Waals surface area contributed by atoms with Crippen LogP contribution in [0.25, 0.3) is 10.1 Å². The van der Waals surface area contributed by atoms with Gasteiger partial charge in [-0.05, 0) is 25.5 Å². The minimum Gasteiger partial charge on any atom is -0.397 e. The average molecular weight is 278 g/mol. The normalized spacial score (nSPS) is 12.6. The highest BCUT2D eigenvalue weighted by molar-refractivity contribution is 7.21. The third kappa shape index (κ3) is 2.88. The van der Waals surface area contributed by atoms with Crippen molar-refractivity contribution in [2.75, 3.05) is 19.5 Å². The summed E-state index contributed by atoms with van der Waals surface area (Å²) < 4.78 is 6.05. The molecule has 102 valence electrons. The molecule has 2 aromatic rings. The van der Waals surface area contributed by atoms with E-state index in [1.807, 2.05) is 32.0 Å². The van der Waals surface area contributed by atoms with Gasteiger partial charge in [-0.2, -0.15) is 0 Å². The first-order valence-corrected chi connectivity index (χ1v) is 6.93. The fourth-order valence-corrected chi connectivity index (χ4v) is 3.10. The number of hydrogen-bond acceptors (Lipinski definition) is 4. The number of nitrogen functional groups attached to an aromatic ring is 1. The van der Waals surface area contributed by atoms with Crippen molar-refractivity contribution < 1.29 is 9.53 Å². The molecule has 0 fully saturated rings. The van der Waals surface area contributed by atoms with E-state index in [1.165, 1.54) is 11.3 Å². The molecule has 0 aliphatic heterocycles. The van der Waals surface area contributed by atoms with Crippen LogP contribution in [0.2, 0.25) is 0 Å². The summed E-state index contributed by atoms with van der Waals surface area (Å²) >= 11 is 1.43. The van der Waals surface area contributed by atoms with Crippen LogP contribution in [0.5, 0.6) is 0 Å². The number of anilines is 1. The maximum Gasteiger partial charge on any atom is 0.263 e. The lowest BCUT2D eigenvalue weighted by atomic mass is 10.1. The van der Waals surface area contributed by atoms with Crippen LogP contribution in [0.3, 0.4) is 0 Å². The number of carbonyl (C=O) groups excluding carboxylic acids is 1. The molecule has 0 aliphatic rings. The fourth-order valence-electron chi connectivity index (χ4n) is 1.97. The van der Waals surface area contributed by atoms with Crippen molar-refractivity contribution in [1.29, 1.82) is 0 Å². The molecule has 3 N–H and O–H groups in total. The lowest BCUT2D eigenvalue weighted by molar-refractivity contribution is 0.0910. The van der Waals surface area contributed by atoms with Crippen molar-refractivity contribution >= 4 is 33.0 Å². The summed E-state index contributed by atoms with van der Waals surface area (Å²) in [4.78, 5) is 12.7. The van der Waals surface area contributed by atoms with E-state index < -0.39 is 0 Å². The molecule has 1 atom stereocenters. The van der Waals surface area contributed by atoms with Crippen molar-refractivity contribution in [3.8, 4) is 0 Å². The van der Waals surface area contributed by atoms with Crippen molar-refractivity contribution in [1.82, 2.24) is 5.32 Å². The van der Waals surface area contributed by atoms with Crippen LogP contribution in [0.4, 0.5) is 5.69 Å². The molecule has 1 unspecified atom stereocenters. The SMILES string of the molecule is COCC(C)NC(=O)c1sc2cc(C)ccc2c1N. The van der Waals surface area contributed by atoms with Gasteiger partial charge in [-0.25, -0.2) is 0 Å². The van der Waals surface area contributed by atoms with Gasteiger partial charge in [0.2, 0.25) is 0 Å². The maximum absolute atomic E-state index is 12.2. The number of methoxy groups -OCH3 is 1. The third-order valence-corrected chi connectivity index (χ3v) is 4.05. The molecule has 5 heteroatoms. The molecule has 1 aromatic carbocycles. The van der Waals surface area contributed by atoms with Crippen LogP contribution in [0.1, 0.15) is 22.2 Å². The zero-order valence-corrected chi connectivity index (χ0v) is 12.1. The van der Waals surface area contributed by atoms with Crippen molar-refractivity contribution in [3.63, 3.8) is 0 Å². The second-order valence-electron chi connectivity index (χ2n) is 4.67. The number of aryl methyl sites for hydroxylation is 1. The molecule has 0 bridgehead atoms. The first-order valence-electron chi connectivity index (χ1n) is 6.11. The van der Waals surface area contributed by atoms with E-state index in [1.54, 1.807) is 7.11 Å². The number of rotatable bonds is 4. The van der Waals surface area contributed by atoms with Crippen molar-refractivity contribution in [2.45, 2.75) is 19.9 Å². The van der Waals surface area contributed by atoms with Crippen LogP contribution in [0, 0.1) is 6.92 Å². The van der Waals surface area contributed by atoms with Gasteiger partial charge in [0.1, 0.15) is 4.88 Å². The second kappa shape index (κ2) is 5.59. The Bertz CT molecular complexity index is 607. The van der Waals surface area contributed by atoms with Crippen LogP contribution < -0.4 is 11.1 Å². The predicted octanol–water partition coefficient (Wildman–Crippen LogP) is 2.56. The Morgan fingerprint density at radius 3 is 2.95 bits per heavy atom. The van der Waals surface area contributed by atoms with Gasteiger partial charge in [0.15, 0.2) is 0 Å². The van der Waals surface area contributed by atoms with Gasteiger partial charge >= 0.3 is 0 Å². The van der Waals surface area contributed by atoms with Gasteiger partial charge < -0.3 is 15.8 Å². The van der Waals surface area contributed by atoms with Crippen LogP contribution in [-0.2, 0) is 4.74 Å². The lowest BCUT2D eigenvalue weighted by Crippen LogP contribution is -2.35. The fraction of sp³-hybridized carbons (Fsp3) is 0.357. The number of nitrogens with one attached hydrogen (secondary N) is 1. The highest BCUT2D eigenvalue weighted by Gasteiger charge is 2.17. The predicted molar refractivity (Wildman–Crippen MR) is 79.8 cm³/mol. The van der Waals surface area contributed by atoms with E-state index in [0.717, 1.165) is 15.6 Å². The van der Waals surface area contributed by atoms with Gasteiger partial charge in [-0.1, -0.05) is 12.1 Å². The van der Waals surface area contributed by atoms with E-state index in [9.17, 15) is 4.79 Å². The molecule has 0 saturated carbocycles. The molecule has 0 saturated heterocycles. The smallest absolute Gasteiger partial charge is 0.263 e. The maximum atomic E-state index is 12.2. The van der Waals surface area contributed by atoms with E-state index in [4.69, 9.17) is 10.5 Å². The van der Waals surface area contributed by atoms with Gasteiger partial charge in [0, 0.05) is 23.2 Å². The summed E-state index contributed by atoms with van der Waals surface area (Å²) in [7, 11) is 1.61. The molecule has 0 aliphatic carbocycles. The Morgan fingerprint density at radius 2 is 2.26 bits per heavy atom. The number of thiophene rings is 1. The summed E-state index contributed by atoms with van der Waals surface area (Å²) in [6.45, 7) is 4.40. The Hall–Kier alpha value is -1.59. The first-order chi connectivity index (χ1) is 9.02. The van der Waals surface area contributed by atoms with Gasteiger partial charge in [0.25, 0.3) is 5.91 Å². The molecular formula is C14H18N2O2S. The number of fused-ring (bicyclic) bond motifs is 1. The monoisotopic (exact) mass is 278 g/mol. The quantitative estimate of drug-likeness (QED) is 0.903. The lowest BCUT2D eigenvalue weighted by Gasteiger charge is -2.11. The first kappa shape index (κ1) is 13.8. The number of carbonyl (C=O) groups is 1. The molecule has 1 aromatic heterocycles. The number of ether oxygens (including phenoxy) is 1.